The number of hydrogen-bond acceptors (Lipinski definition) is 5. The van der Waals surface area contributed by atoms with Gasteiger partial charge in [0.05, 0.1) is 5.69 Å². The minimum atomic E-state index is -0.534. The van der Waals surface area contributed by atoms with Gasteiger partial charge in [-0.05, 0) is 38.5 Å². The number of urea groups is 1. The number of rotatable bonds is 3. The Morgan fingerprint density at radius 3 is 2.59 bits per heavy atom. The first kappa shape index (κ1) is 17.9. The quantitative estimate of drug-likeness (QED) is 0.799. The lowest BCUT2D eigenvalue weighted by atomic mass is 10.1. The van der Waals surface area contributed by atoms with Crippen molar-refractivity contribution in [3.8, 4) is 0 Å². The minimum absolute atomic E-state index is 0.191. The molecule has 3 heterocycles. The van der Waals surface area contributed by atoms with Crippen LogP contribution in [0.3, 0.4) is 0 Å². The largest absolute Gasteiger partial charge is 0.328 e. The zero-order chi connectivity index (χ0) is 19.5. The fraction of sp³-hybridized carbons (Fsp3) is 0.421. The Labute approximate surface area is 163 Å². The Balaban J connectivity index is 1.78. The summed E-state index contributed by atoms with van der Waals surface area (Å²) in [6.45, 7) is 6.34. The van der Waals surface area contributed by atoms with E-state index in [2.05, 4.69) is 0 Å². The van der Waals surface area contributed by atoms with E-state index >= 15 is 0 Å². The van der Waals surface area contributed by atoms with Crippen LogP contribution in [0.4, 0.5) is 10.5 Å². The predicted octanol–water partition coefficient (Wildman–Crippen LogP) is 3.08. The Morgan fingerprint density at radius 1 is 1.19 bits per heavy atom. The normalized spacial score (nSPS) is 24.7. The molecule has 2 unspecified atom stereocenters. The van der Waals surface area contributed by atoms with Crippen molar-refractivity contribution >= 4 is 35.2 Å². The number of fused-ring (bicyclic) bond motifs is 3. The zero-order valence-electron chi connectivity index (χ0n) is 15.8. The monoisotopic (exact) mass is 387 g/mol. The van der Waals surface area contributed by atoms with Gasteiger partial charge >= 0.3 is 6.03 Å². The fourth-order valence-corrected chi connectivity index (χ4v) is 4.15. The summed E-state index contributed by atoms with van der Waals surface area (Å²) in [6.07, 6.45) is 0.191. The molecule has 0 aromatic heterocycles. The van der Waals surface area contributed by atoms with Crippen LogP contribution in [-0.4, -0.2) is 58.4 Å². The van der Waals surface area contributed by atoms with Gasteiger partial charge in [-0.25, -0.2) is 9.79 Å². The van der Waals surface area contributed by atoms with E-state index in [0.717, 1.165) is 23.5 Å². The number of nitrogens with zero attached hydrogens (tertiary/aromatic N) is 5. The molecule has 0 radical (unpaired) electrons. The number of anilines is 1. The van der Waals surface area contributed by atoms with Crippen LogP contribution in [0.1, 0.15) is 27.2 Å². The van der Waals surface area contributed by atoms with E-state index in [0.29, 0.717) is 17.5 Å². The van der Waals surface area contributed by atoms with Crippen LogP contribution in [-0.2, 0) is 4.79 Å². The summed E-state index contributed by atoms with van der Waals surface area (Å²) in [5.74, 6) is 0.470. The molecule has 0 spiro atoms. The average Bonchev–Trinajstić information content (AvgIpc) is 3.13. The standard InChI is InChI=1S/C19H22ClN5O2/c1-5-9-23-17(26)15-16(22(4)19(23)27)21-18-24(11(2)12(3)25(15)18)14-8-6-7-13(20)10-14/h6-8,10,15-16H,5,9H2,1-4H3. The Morgan fingerprint density at radius 2 is 1.93 bits per heavy atom. The molecule has 3 aliphatic heterocycles. The lowest BCUT2D eigenvalue weighted by molar-refractivity contribution is -0.136. The van der Waals surface area contributed by atoms with Crippen molar-refractivity contribution in [2.75, 3.05) is 18.5 Å². The van der Waals surface area contributed by atoms with Crippen LogP contribution in [0.2, 0.25) is 5.02 Å². The first-order chi connectivity index (χ1) is 12.9. The first-order valence-electron chi connectivity index (χ1n) is 9.05. The summed E-state index contributed by atoms with van der Waals surface area (Å²) in [7, 11) is 1.71. The Hall–Kier alpha value is -2.54. The maximum Gasteiger partial charge on any atom is 0.328 e. The Bertz CT molecular complexity index is 896. The summed E-state index contributed by atoms with van der Waals surface area (Å²) in [5, 5.41) is 0.630. The molecule has 8 heteroatoms. The van der Waals surface area contributed by atoms with Gasteiger partial charge in [0.15, 0.2) is 12.2 Å². The molecular formula is C19H22ClN5O2. The number of carbonyl (C=O) groups excluding carboxylic acids is 2. The number of hydrogen-bond donors (Lipinski definition) is 0. The molecule has 27 heavy (non-hydrogen) atoms. The van der Waals surface area contributed by atoms with Gasteiger partial charge in [0.2, 0.25) is 5.96 Å². The number of halogens is 1. The summed E-state index contributed by atoms with van der Waals surface area (Å²) >= 11 is 6.18. The van der Waals surface area contributed by atoms with Gasteiger partial charge in [0.1, 0.15) is 0 Å². The summed E-state index contributed by atoms with van der Waals surface area (Å²) in [4.78, 5) is 37.4. The highest BCUT2D eigenvalue weighted by Gasteiger charge is 2.55. The van der Waals surface area contributed by atoms with Crippen molar-refractivity contribution in [2.24, 2.45) is 4.99 Å². The molecule has 2 atom stereocenters. The molecule has 1 aromatic carbocycles. The van der Waals surface area contributed by atoms with Crippen molar-refractivity contribution in [3.63, 3.8) is 0 Å². The van der Waals surface area contributed by atoms with Crippen molar-refractivity contribution < 1.29 is 9.59 Å². The van der Waals surface area contributed by atoms with Gasteiger partial charge in [-0.3, -0.25) is 19.5 Å². The van der Waals surface area contributed by atoms with Crippen molar-refractivity contribution in [1.82, 2.24) is 14.7 Å². The predicted molar refractivity (Wildman–Crippen MR) is 104 cm³/mol. The van der Waals surface area contributed by atoms with Crippen molar-refractivity contribution in [2.45, 2.75) is 39.4 Å². The number of benzene rings is 1. The lowest BCUT2D eigenvalue weighted by Crippen LogP contribution is -2.64. The summed E-state index contributed by atoms with van der Waals surface area (Å²) < 4.78 is 0. The van der Waals surface area contributed by atoms with Crippen molar-refractivity contribution in [3.05, 3.63) is 40.7 Å². The number of carbonyl (C=O) groups is 2. The van der Waals surface area contributed by atoms with Crippen LogP contribution in [0.15, 0.2) is 40.7 Å². The molecule has 3 amide bonds. The van der Waals surface area contributed by atoms with Gasteiger partial charge < -0.3 is 4.90 Å². The van der Waals surface area contributed by atoms with Gasteiger partial charge in [-0.1, -0.05) is 24.6 Å². The molecule has 1 saturated heterocycles. The molecule has 0 N–H and O–H groups in total. The van der Waals surface area contributed by atoms with E-state index < -0.39 is 12.2 Å². The Kier molecular flexibility index (Phi) is 4.14. The van der Waals surface area contributed by atoms with Crippen LogP contribution in [0, 0.1) is 0 Å². The maximum atomic E-state index is 13.1. The second-order valence-corrected chi connectivity index (χ2v) is 7.46. The highest BCUT2D eigenvalue weighted by Crippen LogP contribution is 2.40. The van der Waals surface area contributed by atoms with E-state index in [9.17, 15) is 9.59 Å². The minimum Gasteiger partial charge on any atom is -0.302 e. The number of guanidine groups is 1. The molecule has 7 nitrogen and oxygen atoms in total. The maximum absolute atomic E-state index is 13.1. The molecule has 0 bridgehead atoms. The van der Waals surface area contributed by atoms with Crippen LogP contribution in [0.5, 0.6) is 0 Å². The fourth-order valence-electron chi connectivity index (χ4n) is 3.97. The number of aliphatic imine (C=N–C) groups is 1. The number of allylic oxidation sites excluding steroid dienone is 2. The van der Waals surface area contributed by atoms with E-state index in [1.165, 1.54) is 4.90 Å². The number of likely N-dealkylation sites (N-methyl/N-ethyl adjacent to an activating group) is 1. The average molecular weight is 388 g/mol. The second kappa shape index (κ2) is 6.27. The van der Waals surface area contributed by atoms with Gasteiger partial charge in [-0.2, -0.15) is 0 Å². The third-order valence-electron chi connectivity index (χ3n) is 5.41. The van der Waals surface area contributed by atoms with Gasteiger partial charge in [-0.15, -0.1) is 0 Å². The van der Waals surface area contributed by atoms with Crippen molar-refractivity contribution in [1.29, 1.82) is 0 Å². The van der Waals surface area contributed by atoms with Gasteiger partial charge in [0, 0.05) is 30.0 Å². The van der Waals surface area contributed by atoms with E-state index in [4.69, 9.17) is 16.6 Å². The summed E-state index contributed by atoms with van der Waals surface area (Å²) in [6, 6.07) is 6.70. The van der Waals surface area contributed by atoms with Crippen LogP contribution >= 0.6 is 11.6 Å². The topological polar surface area (TPSA) is 59.5 Å². The van der Waals surface area contributed by atoms with Crippen LogP contribution < -0.4 is 4.90 Å². The van der Waals surface area contributed by atoms with Gasteiger partial charge in [0.25, 0.3) is 5.91 Å². The lowest BCUT2D eigenvalue weighted by Gasteiger charge is -2.40. The van der Waals surface area contributed by atoms with Crippen LogP contribution in [0.25, 0.3) is 0 Å². The van der Waals surface area contributed by atoms with E-state index in [1.54, 1.807) is 11.9 Å². The highest BCUT2D eigenvalue weighted by molar-refractivity contribution is 6.31. The molecule has 1 fully saturated rings. The van der Waals surface area contributed by atoms with E-state index in [1.807, 2.05) is 54.8 Å². The third-order valence-corrected chi connectivity index (χ3v) is 5.64. The van der Waals surface area contributed by atoms with E-state index in [-0.39, 0.29) is 11.9 Å². The second-order valence-electron chi connectivity index (χ2n) is 7.03. The molecule has 3 aliphatic rings. The smallest absolute Gasteiger partial charge is 0.302 e. The highest BCUT2D eigenvalue weighted by atomic mass is 35.5. The zero-order valence-corrected chi connectivity index (χ0v) is 16.6. The summed E-state index contributed by atoms with van der Waals surface area (Å²) in [5.41, 5.74) is 2.82. The molecule has 1 aromatic rings. The molecule has 0 saturated carbocycles. The molecular weight excluding hydrogens is 366 g/mol. The first-order valence-corrected chi connectivity index (χ1v) is 9.43. The number of imide groups is 1. The molecule has 142 valence electrons. The third kappa shape index (κ3) is 2.45. The SMILES string of the molecule is CCCN1C(=O)C2C(N=C3N(c4cccc(Cl)c4)C(C)=C(C)N32)N(C)C1=O. The number of amides is 3. The molecule has 4 rings (SSSR count). The molecule has 0 aliphatic carbocycles.